The van der Waals surface area contributed by atoms with Crippen molar-refractivity contribution in [1.29, 1.82) is 0 Å². The Morgan fingerprint density at radius 2 is 1.94 bits per heavy atom. The summed E-state index contributed by atoms with van der Waals surface area (Å²) in [5.74, 6) is -0.860. The van der Waals surface area contributed by atoms with Gasteiger partial charge in [-0.15, -0.1) is 0 Å². The highest BCUT2D eigenvalue weighted by molar-refractivity contribution is 5.82. The van der Waals surface area contributed by atoms with Crippen LogP contribution in [0.25, 0.3) is 5.57 Å². The first kappa shape index (κ1) is 11.6. The van der Waals surface area contributed by atoms with Crippen LogP contribution < -0.4 is 0 Å². The predicted molar refractivity (Wildman–Crippen MR) is 68.7 cm³/mol. The van der Waals surface area contributed by atoms with Gasteiger partial charge < -0.3 is 5.11 Å². The molecular formula is C15H16O2. The average Bonchev–Trinajstić information content (AvgIpc) is 2.29. The van der Waals surface area contributed by atoms with Gasteiger partial charge in [-0.3, -0.25) is 0 Å². The fraction of sp³-hybridized carbons (Fsp3) is 0.267. The van der Waals surface area contributed by atoms with Crippen molar-refractivity contribution in [1.82, 2.24) is 0 Å². The smallest absolute Gasteiger partial charge is 0.328 e. The van der Waals surface area contributed by atoms with Gasteiger partial charge in [0, 0.05) is 6.08 Å². The van der Waals surface area contributed by atoms with Gasteiger partial charge in [0.25, 0.3) is 0 Å². The van der Waals surface area contributed by atoms with Gasteiger partial charge in [-0.1, -0.05) is 35.9 Å². The zero-order valence-corrected chi connectivity index (χ0v) is 9.94. The number of hydrogen-bond donors (Lipinski definition) is 1. The number of aliphatic carboxylic acids is 1. The normalized spacial score (nSPS) is 17.9. The molecule has 0 saturated heterocycles. The van der Waals surface area contributed by atoms with E-state index in [0.29, 0.717) is 0 Å². The molecule has 0 aromatic heterocycles. The average molecular weight is 228 g/mol. The summed E-state index contributed by atoms with van der Waals surface area (Å²) >= 11 is 0. The van der Waals surface area contributed by atoms with E-state index in [1.54, 1.807) is 0 Å². The highest BCUT2D eigenvalue weighted by Gasteiger charge is 2.10. The molecule has 1 aliphatic carbocycles. The van der Waals surface area contributed by atoms with Crippen molar-refractivity contribution in [3.8, 4) is 0 Å². The van der Waals surface area contributed by atoms with Crippen molar-refractivity contribution in [3.05, 3.63) is 53.1 Å². The van der Waals surface area contributed by atoms with Crippen LogP contribution in [0.2, 0.25) is 0 Å². The Labute approximate surface area is 101 Å². The Hall–Kier alpha value is -1.83. The SMILES string of the molecule is Cc1ccc(C2=C/C(=C/C(=O)O)CCC2)cc1. The minimum absolute atomic E-state index is 0.860. The number of benzene rings is 1. The number of aryl methyl sites for hydroxylation is 1. The van der Waals surface area contributed by atoms with Crippen LogP contribution in [0, 0.1) is 6.92 Å². The summed E-state index contributed by atoms with van der Waals surface area (Å²) in [4.78, 5) is 10.6. The van der Waals surface area contributed by atoms with Crippen molar-refractivity contribution >= 4 is 11.5 Å². The molecule has 1 N–H and O–H groups in total. The molecule has 1 aliphatic rings. The molecule has 0 amide bonds. The van der Waals surface area contributed by atoms with Crippen LogP contribution >= 0.6 is 0 Å². The quantitative estimate of drug-likeness (QED) is 0.786. The largest absolute Gasteiger partial charge is 0.478 e. The summed E-state index contributed by atoms with van der Waals surface area (Å²) in [5.41, 5.74) is 4.60. The standard InChI is InChI=1S/C15H16O2/c1-11-5-7-13(8-6-11)14-4-2-3-12(9-14)10-15(16)17/h5-10H,2-4H2,1H3,(H,16,17)/b12-10+. The van der Waals surface area contributed by atoms with E-state index in [1.807, 2.05) is 6.08 Å². The summed E-state index contributed by atoms with van der Waals surface area (Å²) in [6.45, 7) is 2.06. The molecule has 2 heteroatoms. The molecular weight excluding hydrogens is 212 g/mol. The second-order valence-electron chi connectivity index (χ2n) is 4.45. The van der Waals surface area contributed by atoms with E-state index in [2.05, 4.69) is 31.2 Å². The van der Waals surface area contributed by atoms with Crippen LogP contribution in [0.4, 0.5) is 0 Å². The van der Waals surface area contributed by atoms with E-state index < -0.39 is 5.97 Å². The van der Waals surface area contributed by atoms with Crippen LogP contribution in [0.3, 0.4) is 0 Å². The molecule has 17 heavy (non-hydrogen) atoms. The number of carboxylic acid groups (broad SMARTS) is 1. The van der Waals surface area contributed by atoms with Gasteiger partial charge in [-0.2, -0.15) is 0 Å². The third-order valence-electron chi connectivity index (χ3n) is 3.00. The highest BCUT2D eigenvalue weighted by Crippen LogP contribution is 2.29. The highest BCUT2D eigenvalue weighted by atomic mass is 16.4. The second kappa shape index (κ2) is 5.00. The van der Waals surface area contributed by atoms with Crippen molar-refractivity contribution in [2.75, 3.05) is 0 Å². The number of allylic oxidation sites excluding steroid dienone is 3. The van der Waals surface area contributed by atoms with Gasteiger partial charge >= 0.3 is 5.97 Å². The molecule has 0 saturated carbocycles. The maximum atomic E-state index is 10.6. The van der Waals surface area contributed by atoms with Gasteiger partial charge in [0.05, 0.1) is 0 Å². The summed E-state index contributed by atoms with van der Waals surface area (Å²) in [7, 11) is 0. The molecule has 2 rings (SSSR count). The summed E-state index contributed by atoms with van der Waals surface area (Å²) in [6, 6.07) is 8.38. The van der Waals surface area contributed by atoms with Crippen LogP contribution in [0.1, 0.15) is 30.4 Å². The van der Waals surface area contributed by atoms with E-state index in [9.17, 15) is 4.79 Å². The monoisotopic (exact) mass is 228 g/mol. The predicted octanol–water partition coefficient (Wildman–Crippen LogP) is 3.57. The van der Waals surface area contributed by atoms with E-state index >= 15 is 0 Å². The third kappa shape index (κ3) is 3.06. The first-order valence-corrected chi connectivity index (χ1v) is 5.86. The first-order chi connectivity index (χ1) is 8.15. The number of carboxylic acids is 1. The van der Waals surface area contributed by atoms with Crippen LogP contribution in [-0.2, 0) is 4.79 Å². The Balaban J connectivity index is 2.29. The molecule has 0 bridgehead atoms. The molecule has 0 radical (unpaired) electrons. The fourth-order valence-electron chi connectivity index (χ4n) is 2.12. The fourth-order valence-corrected chi connectivity index (χ4v) is 2.12. The summed E-state index contributed by atoms with van der Waals surface area (Å²) < 4.78 is 0. The maximum absolute atomic E-state index is 10.6. The number of rotatable bonds is 2. The Kier molecular flexibility index (Phi) is 3.43. The zero-order valence-electron chi connectivity index (χ0n) is 9.94. The molecule has 0 atom stereocenters. The van der Waals surface area contributed by atoms with E-state index in [0.717, 1.165) is 24.8 Å². The van der Waals surface area contributed by atoms with Gasteiger partial charge in [0.15, 0.2) is 0 Å². The Bertz CT molecular complexity index is 478. The van der Waals surface area contributed by atoms with E-state index in [1.165, 1.54) is 22.8 Å². The topological polar surface area (TPSA) is 37.3 Å². The zero-order chi connectivity index (χ0) is 12.3. The lowest BCUT2D eigenvalue weighted by molar-refractivity contribution is -0.131. The maximum Gasteiger partial charge on any atom is 0.328 e. The molecule has 1 aromatic carbocycles. The molecule has 2 nitrogen and oxygen atoms in total. The molecule has 0 aliphatic heterocycles. The summed E-state index contributed by atoms with van der Waals surface area (Å²) in [6.07, 6.45) is 6.25. The van der Waals surface area contributed by atoms with Gasteiger partial charge in [0.2, 0.25) is 0 Å². The molecule has 0 heterocycles. The van der Waals surface area contributed by atoms with Gasteiger partial charge in [-0.25, -0.2) is 4.79 Å². The molecule has 0 unspecified atom stereocenters. The lowest BCUT2D eigenvalue weighted by atomic mass is 9.90. The van der Waals surface area contributed by atoms with Crippen molar-refractivity contribution in [3.63, 3.8) is 0 Å². The van der Waals surface area contributed by atoms with Crippen LogP contribution in [-0.4, -0.2) is 11.1 Å². The lowest BCUT2D eigenvalue weighted by Crippen LogP contribution is -1.98. The summed E-state index contributed by atoms with van der Waals surface area (Å²) in [5, 5.41) is 8.75. The minimum Gasteiger partial charge on any atom is -0.478 e. The van der Waals surface area contributed by atoms with Crippen molar-refractivity contribution < 1.29 is 9.90 Å². The van der Waals surface area contributed by atoms with Gasteiger partial charge in [-0.05, 0) is 42.9 Å². The van der Waals surface area contributed by atoms with Crippen LogP contribution in [0.15, 0.2) is 42.0 Å². The minimum atomic E-state index is -0.860. The van der Waals surface area contributed by atoms with Crippen LogP contribution in [0.5, 0.6) is 0 Å². The Morgan fingerprint density at radius 3 is 2.59 bits per heavy atom. The Morgan fingerprint density at radius 1 is 1.24 bits per heavy atom. The number of carbonyl (C=O) groups is 1. The molecule has 1 aromatic rings. The van der Waals surface area contributed by atoms with Crippen molar-refractivity contribution in [2.45, 2.75) is 26.2 Å². The third-order valence-corrected chi connectivity index (χ3v) is 3.00. The molecule has 0 spiro atoms. The lowest BCUT2D eigenvalue weighted by Gasteiger charge is -2.15. The molecule has 88 valence electrons. The van der Waals surface area contributed by atoms with E-state index in [-0.39, 0.29) is 0 Å². The number of hydrogen-bond acceptors (Lipinski definition) is 1. The molecule has 0 fully saturated rings. The van der Waals surface area contributed by atoms with E-state index in [4.69, 9.17) is 5.11 Å². The first-order valence-electron chi connectivity index (χ1n) is 5.86. The second-order valence-corrected chi connectivity index (χ2v) is 4.45. The van der Waals surface area contributed by atoms with Crippen molar-refractivity contribution in [2.24, 2.45) is 0 Å². The van der Waals surface area contributed by atoms with Gasteiger partial charge in [0.1, 0.15) is 0 Å².